The van der Waals surface area contributed by atoms with Crippen LogP contribution in [0.1, 0.15) is 38.1 Å². The smallest absolute Gasteiger partial charge is 0.329 e. The normalized spacial score (nSPS) is 14.4. The standard InChI is InChI=1S/C23H21N9O2/c1-2-18(25)31-7-5-14(6-8-31)32-21-15(22(33)30-23(32)34)12-26-17-4-3-16(29-20(17)21)13-10-27-19(9-24)28-11-13/h3-4,10-12,14,25H,2,5-8H2,1H3,(H,30,33,34). The van der Waals surface area contributed by atoms with Crippen molar-refractivity contribution in [3.05, 3.63) is 57.4 Å². The maximum Gasteiger partial charge on any atom is 0.329 e. The zero-order valence-corrected chi connectivity index (χ0v) is 18.4. The van der Waals surface area contributed by atoms with Gasteiger partial charge in [-0.25, -0.2) is 19.7 Å². The van der Waals surface area contributed by atoms with Gasteiger partial charge in [0.25, 0.3) is 5.56 Å². The van der Waals surface area contributed by atoms with Crippen molar-refractivity contribution in [1.29, 1.82) is 10.7 Å². The Morgan fingerprint density at radius 2 is 1.91 bits per heavy atom. The molecule has 0 aliphatic carbocycles. The lowest BCUT2D eigenvalue weighted by Crippen LogP contribution is -2.42. The number of aromatic amines is 1. The zero-order valence-electron chi connectivity index (χ0n) is 18.4. The number of rotatable bonds is 3. The highest BCUT2D eigenvalue weighted by Gasteiger charge is 2.25. The fraction of sp³-hybridized carbons (Fsp3) is 0.304. The first-order valence-electron chi connectivity index (χ1n) is 11.0. The van der Waals surface area contributed by atoms with E-state index in [1.807, 2.05) is 17.9 Å². The molecule has 4 aromatic rings. The van der Waals surface area contributed by atoms with Crippen LogP contribution in [0.2, 0.25) is 0 Å². The number of piperidine rings is 1. The first-order valence-corrected chi connectivity index (χ1v) is 11.0. The van der Waals surface area contributed by atoms with Crippen LogP contribution in [0.3, 0.4) is 0 Å². The second kappa shape index (κ2) is 8.47. The molecule has 1 saturated heterocycles. The van der Waals surface area contributed by atoms with Crippen LogP contribution in [0.15, 0.2) is 40.3 Å². The number of nitriles is 1. The summed E-state index contributed by atoms with van der Waals surface area (Å²) in [5, 5.41) is 17.3. The number of nitrogens with one attached hydrogen (secondary N) is 2. The number of fused-ring (bicyclic) bond motifs is 3. The van der Waals surface area contributed by atoms with Crippen LogP contribution in [0.4, 0.5) is 0 Å². The van der Waals surface area contributed by atoms with E-state index < -0.39 is 11.2 Å². The summed E-state index contributed by atoms with van der Waals surface area (Å²) in [7, 11) is 0. The molecule has 0 saturated carbocycles. The van der Waals surface area contributed by atoms with Crippen molar-refractivity contribution in [3.63, 3.8) is 0 Å². The number of amidine groups is 1. The molecule has 0 bridgehead atoms. The lowest BCUT2D eigenvalue weighted by atomic mass is 10.0. The van der Waals surface area contributed by atoms with Crippen LogP contribution < -0.4 is 11.2 Å². The Hall–Kier alpha value is -4.46. The highest BCUT2D eigenvalue weighted by atomic mass is 16.2. The highest BCUT2D eigenvalue weighted by Crippen LogP contribution is 2.28. The van der Waals surface area contributed by atoms with Gasteiger partial charge in [-0.2, -0.15) is 5.26 Å². The number of hydrogen-bond donors (Lipinski definition) is 2. The van der Waals surface area contributed by atoms with E-state index in [2.05, 4.69) is 19.9 Å². The van der Waals surface area contributed by atoms with Crippen molar-refractivity contribution in [2.75, 3.05) is 13.1 Å². The van der Waals surface area contributed by atoms with Crippen LogP contribution in [-0.2, 0) is 0 Å². The van der Waals surface area contributed by atoms with E-state index in [4.69, 9.17) is 15.7 Å². The number of hydrogen-bond acceptors (Lipinski definition) is 8. The molecule has 0 radical (unpaired) electrons. The lowest BCUT2D eigenvalue weighted by Gasteiger charge is -2.34. The Kier molecular flexibility index (Phi) is 5.33. The average molecular weight is 455 g/mol. The van der Waals surface area contributed by atoms with E-state index in [1.54, 1.807) is 16.7 Å². The summed E-state index contributed by atoms with van der Waals surface area (Å²) in [6.45, 7) is 3.28. The van der Waals surface area contributed by atoms with Gasteiger partial charge in [0, 0.05) is 49.7 Å². The molecule has 0 amide bonds. The van der Waals surface area contributed by atoms with Crippen LogP contribution in [-0.4, -0.2) is 53.3 Å². The quantitative estimate of drug-likeness (QED) is 0.270. The van der Waals surface area contributed by atoms with Gasteiger partial charge in [-0.1, -0.05) is 6.92 Å². The number of H-pyrrole nitrogens is 1. The minimum Gasteiger partial charge on any atom is -0.360 e. The summed E-state index contributed by atoms with van der Waals surface area (Å²) in [6.07, 6.45) is 6.48. The number of aromatic nitrogens is 6. The van der Waals surface area contributed by atoms with Gasteiger partial charge in [0.1, 0.15) is 11.6 Å². The molecule has 0 aromatic carbocycles. The van der Waals surface area contributed by atoms with E-state index >= 15 is 0 Å². The van der Waals surface area contributed by atoms with Gasteiger partial charge < -0.3 is 4.90 Å². The van der Waals surface area contributed by atoms with Crippen LogP contribution in [0.5, 0.6) is 0 Å². The first-order chi connectivity index (χ1) is 16.5. The fourth-order valence-electron chi connectivity index (χ4n) is 4.43. The minimum absolute atomic E-state index is 0.0551. The van der Waals surface area contributed by atoms with E-state index in [9.17, 15) is 9.59 Å². The highest BCUT2D eigenvalue weighted by molar-refractivity contribution is 6.01. The molecule has 5 rings (SSSR count). The fourth-order valence-corrected chi connectivity index (χ4v) is 4.43. The maximum atomic E-state index is 13.0. The van der Waals surface area contributed by atoms with E-state index in [0.717, 1.165) is 0 Å². The molecule has 34 heavy (non-hydrogen) atoms. The molecule has 170 valence electrons. The first kappa shape index (κ1) is 21.4. The van der Waals surface area contributed by atoms with Gasteiger partial charge in [-0.05, 0) is 25.0 Å². The molecule has 1 fully saturated rings. The molecule has 0 unspecified atom stereocenters. The molecule has 1 aliphatic rings. The van der Waals surface area contributed by atoms with Crippen molar-refractivity contribution >= 4 is 27.8 Å². The van der Waals surface area contributed by atoms with Gasteiger partial charge in [-0.3, -0.25) is 24.7 Å². The largest absolute Gasteiger partial charge is 0.360 e. The molecular formula is C23H21N9O2. The molecule has 4 aromatic heterocycles. The van der Waals surface area contributed by atoms with Crippen molar-refractivity contribution in [1.82, 2.24) is 34.4 Å². The Morgan fingerprint density at radius 3 is 2.59 bits per heavy atom. The topological polar surface area (TPSA) is 157 Å². The van der Waals surface area contributed by atoms with Crippen molar-refractivity contribution in [3.8, 4) is 17.3 Å². The van der Waals surface area contributed by atoms with Crippen LogP contribution >= 0.6 is 0 Å². The predicted octanol–water partition coefficient (Wildman–Crippen LogP) is 1.99. The Labute approximate surface area is 193 Å². The van der Waals surface area contributed by atoms with Gasteiger partial charge in [0.05, 0.1) is 27.9 Å². The summed E-state index contributed by atoms with van der Waals surface area (Å²) in [6, 6.07) is 5.27. The molecule has 0 spiro atoms. The number of pyridine rings is 2. The molecule has 0 atom stereocenters. The average Bonchev–Trinajstić information content (AvgIpc) is 2.88. The van der Waals surface area contributed by atoms with Crippen LogP contribution in [0, 0.1) is 16.7 Å². The van der Waals surface area contributed by atoms with Gasteiger partial charge in [0.15, 0.2) is 0 Å². The number of nitrogens with zero attached hydrogens (tertiary/aromatic N) is 7. The molecule has 11 nitrogen and oxygen atoms in total. The molecule has 2 N–H and O–H groups in total. The summed E-state index contributed by atoms with van der Waals surface area (Å²) in [4.78, 5) is 47.3. The van der Waals surface area contributed by atoms with Gasteiger partial charge in [-0.15, -0.1) is 0 Å². The Bertz CT molecular complexity index is 1570. The lowest BCUT2D eigenvalue weighted by molar-refractivity contribution is 0.262. The number of likely N-dealkylation sites (tertiary alicyclic amines) is 1. The molecular weight excluding hydrogens is 434 g/mol. The second-order valence-corrected chi connectivity index (χ2v) is 8.14. The van der Waals surface area contributed by atoms with Gasteiger partial charge in [0.2, 0.25) is 5.82 Å². The second-order valence-electron chi connectivity index (χ2n) is 8.14. The van der Waals surface area contributed by atoms with E-state index in [1.165, 1.54) is 18.6 Å². The van der Waals surface area contributed by atoms with E-state index in [0.29, 0.717) is 66.0 Å². The summed E-state index contributed by atoms with van der Waals surface area (Å²) < 4.78 is 1.62. The van der Waals surface area contributed by atoms with Crippen LogP contribution in [0.25, 0.3) is 33.2 Å². The third-order valence-electron chi connectivity index (χ3n) is 6.20. The molecule has 11 heteroatoms. The SMILES string of the molecule is CCC(=N)N1CCC(n2c(=O)[nH]c(=O)c3cnc4ccc(-c5cnc(C#N)nc5)nc4c32)CC1. The third kappa shape index (κ3) is 3.59. The summed E-state index contributed by atoms with van der Waals surface area (Å²) in [5.41, 5.74) is 1.58. The summed E-state index contributed by atoms with van der Waals surface area (Å²) >= 11 is 0. The molecule has 5 heterocycles. The monoisotopic (exact) mass is 455 g/mol. The van der Waals surface area contributed by atoms with Crippen molar-refractivity contribution in [2.45, 2.75) is 32.2 Å². The molecule has 1 aliphatic heterocycles. The van der Waals surface area contributed by atoms with Crippen molar-refractivity contribution < 1.29 is 0 Å². The minimum atomic E-state index is -0.509. The van der Waals surface area contributed by atoms with E-state index in [-0.39, 0.29) is 17.3 Å². The summed E-state index contributed by atoms with van der Waals surface area (Å²) in [5.74, 6) is 0.641. The van der Waals surface area contributed by atoms with Gasteiger partial charge >= 0.3 is 5.69 Å². The maximum absolute atomic E-state index is 13.0. The Morgan fingerprint density at radius 1 is 1.18 bits per heavy atom. The predicted molar refractivity (Wildman–Crippen MR) is 126 cm³/mol. The zero-order chi connectivity index (χ0) is 23.8. The third-order valence-corrected chi connectivity index (χ3v) is 6.20. The Balaban J connectivity index is 1.68. The van der Waals surface area contributed by atoms with Crippen molar-refractivity contribution in [2.24, 2.45) is 0 Å².